The summed E-state index contributed by atoms with van der Waals surface area (Å²) in [7, 11) is 0. The molecule has 6 heteroatoms. The molecule has 0 fully saturated rings. The minimum Gasteiger partial charge on any atom is -0.486 e. The number of benzene rings is 9. The first kappa shape index (κ1) is 48.0. The number of hydrogen-bond acceptors (Lipinski definition) is 5. The molecule has 0 aromatic heterocycles. The van der Waals surface area contributed by atoms with Gasteiger partial charge in [0.1, 0.15) is 13.2 Å². The van der Waals surface area contributed by atoms with Crippen LogP contribution in [-0.2, 0) is 16.2 Å². The molecule has 9 aromatic rings. The molecule has 0 saturated heterocycles. The van der Waals surface area contributed by atoms with Gasteiger partial charge in [0.25, 0.3) is 6.71 Å². The molecule has 5 nitrogen and oxygen atoms in total. The van der Waals surface area contributed by atoms with Crippen LogP contribution < -0.4 is 40.6 Å². The molecule has 0 unspecified atom stereocenters. The maximum absolute atomic E-state index is 6.74. The van der Waals surface area contributed by atoms with E-state index < -0.39 is 0 Å². The van der Waals surface area contributed by atoms with Crippen LogP contribution in [0.25, 0.3) is 22.3 Å². The van der Waals surface area contributed by atoms with E-state index in [1.807, 2.05) is 0 Å². The number of rotatable bonds is 7. The highest BCUT2D eigenvalue weighted by Gasteiger charge is 2.46. The molecule has 0 bridgehead atoms. The van der Waals surface area contributed by atoms with Crippen molar-refractivity contribution >= 4 is 74.3 Å². The van der Waals surface area contributed by atoms with Gasteiger partial charge in [0.05, 0.1) is 5.69 Å². The highest BCUT2D eigenvalue weighted by Crippen LogP contribution is 2.52. The fourth-order valence-electron chi connectivity index (χ4n) is 11.5. The van der Waals surface area contributed by atoms with Crippen LogP contribution in [0.5, 0.6) is 11.5 Å². The summed E-state index contributed by atoms with van der Waals surface area (Å²) in [5, 5.41) is 0. The Labute approximate surface area is 445 Å². The average molecular weight is 980 g/mol. The van der Waals surface area contributed by atoms with Gasteiger partial charge in [0.15, 0.2) is 11.5 Å². The molecule has 3 aliphatic heterocycles. The molecule has 0 atom stereocenters. The first-order valence-electron chi connectivity index (χ1n) is 26.7. The van der Waals surface area contributed by atoms with E-state index in [4.69, 9.17) is 9.47 Å². The minimum absolute atomic E-state index is 0.00162. The van der Waals surface area contributed by atoms with Gasteiger partial charge in [-0.2, -0.15) is 0 Å². The molecule has 0 radical (unpaired) electrons. The van der Waals surface area contributed by atoms with Crippen LogP contribution in [0, 0.1) is 6.92 Å². The third-order valence-corrected chi connectivity index (χ3v) is 15.5. The van der Waals surface area contributed by atoms with Gasteiger partial charge in [-0.05, 0) is 169 Å². The zero-order valence-corrected chi connectivity index (χ0v) is 45.1. The van der Waals surface area contributed by atoms with Crippen LogP contribution >= 0.6 is 0 Å². The Hall–Kier alpha value is -7.96. The smallest absolute Gasteiger partial charge is 0.252 e. The molecule has 9 aromatic carbocycles. The van der Waals surface area contributed by atoms with E-state index in [1.165, 1.54) is 44.2 Å². The van der Waals surface area contributed by atoms with Crippen molar-refractivity contribution in [1.82, 2.24) is 0 Å². The summed E-state index contributed by atoms with van der Waals surface area (Å²) in [6.45, 7) is 23.6. The molecule has 12 rings (SSSR count). The SMILES string of the molecule is Cc1cc2c3c(c1)N(c1ccc(C(C)(C)C)cc1)c1c(ccc4c1OCCO4)B3c1ccc(N(c3ccccc3)c3ccccc3)cc1N2c1cc(-c2ccc(C(C)(C)C)cc2)cc(-c2ccc(C(C)(C)C)cc2)c1. The number of para-hydroxylation sites is 2. The Bertz CT molecular complexity index is 3490. The normalized spacial score (nSPS) is 13.8. The molecule has 3 aliphatic rings. The summed E-state index contributed by atoms with van der Waals surface area (Å²) in [5.41, 5.74) is 23.3. The molecular formula is C69H66BN3O2. The summed E-state index contributed by atoms with van der Waals surface area (Å²) in [5.74, 6) is 1.57. The van der Waals surface area contributed by atoms with Gasteiger partial charge < -0.3 is 24.2 Å². The highest BCUT2D eigenvalue weighted by atomic mass is 16.6. The molecule has 75 heavy (non-hydrogen) atoms. The number of nitrogens with zero attached hydrogens (tertiary/aromatic N) is 3. The molecule has 0 saturated carbocycles. The number of fused-ring (bicyclic) bond motifs is 6. The van der Waals surface area contributed by atoms with Crippen LogP contribution in [0.1, 0.15) is 84.6 Å². The summed E-state index contributed by atoms with van der Waals surface area (Å²) in [6.07, 6.45) is 0. The number of aryl methyl sites for hydroxylation is 1. The largest absolute Gasteiger partial charge is 0.486 e. The molecule has 0 amide bonds. The standard InChI is InChI=1S/C69H66BN3O2/c1-45-39-61-64-62(40-45)73(55-31-29-52(30-32-55)69(8,9)10)65-59(35-36-63-66(65)75-38-37-74-63)70(64)58-34-33-56(71(53-17-13-11-14-18-53)54-19-15-12-16-20-54)44-60(58)72(61)57-42-48(46-21-25-50(26-22-46)67(2,3)4)41-49(43-57)47-23-27-51(28-24-47)68(5,6)7/h11-36,39-44H,37-38H2,1-10H3. The predicted molar refractivity (Wildman–Crippen MR) is 318 cm³/mol. The molecular weight excluding hydrogens is 914 g/mol. The number of ether oxygens (including phenoxy) is 2. The summed E-state index contributed by atoms with van der Waals surface area (Å²) < 4.78 is 13.1. The fourth-order valence-corrected chi connectivity index (χ4v) is 11.5. The molecule has 0 N–H and O–H groups in total. The number of hydrogen-bond donors (Lipinski definition) is 0. The second kappa shape index (κ2) is 18.2. The summed E-state index contributed by atoms with van der Waals surface area (Å²) in [4.78, 5) is 7.40. The van der Waals surface area contributed by atoms with E-state index in [9.17, 15) is 0 Å². The van der Waals surface area contributed by atoms with Crippen molar-refractivity contribution in [3.05, 3.63) is 216 Å². The Kier molecular flexibility index (Phi) is 11.6. The van der Waals surface area contributed by atoms with Crippen molar-refractivity contribution in [2.75, 3.05) is 27.9 Å². The minimum atomic E-state index is -0.133. The fraction of sp³-hybridized carbons (Fsp3) is 0.217. The Balaban J connectivity index is 1.16. The maximum atomic E-state index is 6.74. The second-order valence-corrected chi connectivity index (χ2v) is 23.8. The van der Waals surface area contributed by atoms with Crippen LogP contribution in [0.2, 0.25) is 0 Å². The Morgan fingerprint density at radius 2 is 0.907 bits per heavy atom. The van der Waals surface area contributed by atoms with E-state index >= 15 is 0 Å². The van der Waals surface area contributed by atoms with Crippen molar-refractivity contribution in [3.63, 3.8) is 0 Å². The molecule has 372 valence electrons. The van der Waals surface area contributed by atoms with Crippen molar-refractivity contribution in [2.45, 2.75) is 85.5 Å². The van der Waals surface area contributed by atoms with Gasteiger partial charge in [0, 0.05) is 45.5 Å². The number of anilines is 9. The second-order valence-electron chi connectivity index (χ2n) is 23.8. The van der Waals surface area contributed by atoms with Crippen LogP contribution in [0.4, 0.5) is 51.2 Å². The van der Waals surface area contributed by atoms with E-state index in [1.54, 1.807) is 0 Å². The van der Waals surface area contributed by atoms with Gasteiger partial charge in [-0.1, -0.05) is 172 Å². The monoisotopic (exact) mass is 980 g/mol. The first-order valence-corrected chi connectivity index (χ1v) is 26.7. The lowest BCUT2D eigenvalue weighted by Gasteiger charge is -2.45. The van der Waals surface area contributed by atoms with Crippen molar-refractivity contribution in [1.29, 1.82) is 0 Å². The van der Waals surface area contributed by atoms with Crippen molar-refractivity contribution in [2.24, 2.45) is 0 Å². The first-order chi connectivity index (χ1) is 36.0. The highest BCUT2D eigenvalue weighted by molar-refractivity contribution is 7.00. The van der Waals surface area contributed by atoms with Gasteiger partial charge in [0.2, 0.25) is 0 Å². The van der Waals surface area contributed by atoms with Crippen molar-refractivity contribution < 1.29 is 9.47 Å². The molecule has 0 spiro atoms. The van der Waals surface area contributed by atoms with Crippen LogP contribution in [-0.4, -0.2) is 19.9 Å². The Morgan fingerprint density at radius 3 is 1.44 bits per heavy atom. The van der Waals surface area contributed by atoms with E-state index in [-0.39, 0.29) is 23.0 Å². The van der Waals surface area contributed by atoms with Crippen LogP contribution in [0.15, 0.2) is 194 Å². The Morgan fingerprint density at radius 1 is 0.413 bits per heavy atom. The summed E-state index contributed by atoms with van der Waals surface area (Å²) in [6, 6.07) is 72.7. The van der Waals surface area contributed by atoms with Gasteiger partial charge in [-0.25, -0.2) is 0 Å². The van der Waals surface area contributed by atoms with Gasteiger partial charge in [-0.15, -0.1) is 0 Å². The quantitative estimate of drug-likeness (QED) is 0.148. The van der Waals surface area contributed by atoms with E-state index in [2.05, 4.69) is 278 Å². The topological polar surface area (TPSA) is 28.2 Å². The molecule has 0 aliphatic carbocycles. The van der Waals surface area contributed by atoms with Crippen LogP contribution in [0.3, 0.4) is 0 Å². The van der Waals surface area contributed by atoms with Gasteiger partial charge >= 0.3 is 0 Å². The predicted octanol–water partition coefficient (Wildman–Crippen LogP) is 16.5. The van der Waals surface area contributed by atoms with Gasteiger partial charge in [-0.3, -0.25) is 0 Å². The lowest BCUT2D eigenvalue weighted by molar-refractivity contribution is 0.172. The lowest BCUT2D eigenvalue weighted by atomic mass is 9.33. The average Bonchev–Trinajstić information content (AvgIpc) is 3.43. The van der Waals surface area contributed by atoms with E-state index in [0.29, 0.717) is 13.2 Å². The third kappa shape index (κ3) is 8.64. The maximum Gasteiger partial charge on any atom is 0.252 e. The molecule has 3 heterocycles. The third-order valence-electron chi connectivity index (χ3n) is 15.5. The zero-order valence-electron chi connectivity index (χ0n) is 45.1. The lowest BCUT2D eigenvalue weighted by Crippen LogP contribution is -2.61. The van der Waals surface area contributed by atoms with Crippen molar-refractivity contribution in [3.8, 4) is 33.8 Å². The zero-order chi connectivity index (χ0) is 52.0. The van der Waals surface area contributed by atoms with E-state index in [0.717, 1.165) is 79.4 Å². The summed E-state index contributed by atoms with van der Waals surface area (Å²) >= 11 is 0.